The Hall–Kier alpha value is -2.05. The van der Waals surface area contributed by atoms with Gasteiger partial charge in [-0.1, -0.05) is 51.4 Å². The van der Waals surface area contributed by atoms with E-state index in [1.807, 2.05) is 42.5 Å². The summed E-state index contributed by atoms with van der Waals surface area (Å²) in [7, 11) is 0. The monoisotopic (exact) mass is 371 g/mol. The van der Waals surface area contributed by atoms with Crippen LogP contribution in [-0.2, 0) is 6.42 Å². The van der Waals surface area contributed by atoms with Gasteiger partial charge in [-0.05, 0) is 18.2 Å². The van der Waals surface area contributed by atoms with Gasteiger partial charge in [-0.2, -0.15) is 4.98 Å². The van der Waals surface area contributed by atoms with Crippen LogP contribution >= 0.6 is 27.3 Å². The Morgan fingerprint density at radius 2 is 1.91 bits per heavy atom. The lowest BCUT2D eigenvalue weighted by Gasteiger charge is -1.90. The summed E-state index contributed by atoms with van der Waals surface area (Å²) in [5.74, 6) is 1.19. The summed E-state index contributed by atoms with van der Waals surface area (Å²) in [5, 5.41) is 5.00. The van der Waals surface area contributed by atoms with Gasteiger partial charge in [-0.3, -0.25) is 0 Å². The van der Waals surface area contributed by atoms with Gasteiger partial charge in [0.25, 0.3) is 0 Å². The van der Waals surface area contributed by atoms with Crippen LogP contribution in [0.5, 0.6) is 0 Å². The third-order valence-electron chi connectivity index (χ3n) is 3.20. The number of fused-ring (bicyclic) bond motifs is 1. The van der Waals surface area contributed by atoms with Gasteiger partial charge < -0.3 is 4.52 Å². The first-order chi connectivity index (χ1) is 10.8. The lowest BCUT2D eigenvalue weighted by molar-refractivity contribution is 0.385. The highest BCUT2D eigenvalue weighted by atomic mass is 79.9. The summed E-state index contributed by atoms with van der Waals surface area (Å²) >= 11 is 5.12. The highest BCUT2D eigenvalue weighted by Gasteiger charge is 2.12. The van der Waals surface area contributed by atoms with Gasteiger partial charge >= 0.3 is 0 Å². The highest BCUT2D eigenvalue weighted by molar-refractivity contribution is 9.10. The van der Waals surface area contributed by atoms with Crippen molar-refractivity contribution in [2.75, 3.05) is 0 Å². The smallest absolute Gasteiger partial charge is 0.233 e. The molecule has 0 amide bonds. The molecular formula is C16H10BrN3OS. The second-order valence-corrected chi connectivity index (χ2v) is 6.81. The van der Waals surface area contributed by atoms with Crippen molar-refractivity contribution in [2.45, 2.75) is 6.42 Å². The van der Waals surface area contributed by atoms with Crippen LogP contribution in [0.3, 0.4) is 0 Å². The van der Waals surface area contributed by atoms with Crippen LogP contribution in [0.25, 0.3) is 21.6 Å². The molecule has 6 heteroatoms. The number of hydrogen-bond donors (Lipinski definition) is 0. The zero-order valence-corrected chi connectivity index (χ0v) is 13.8. The van der Waals surface area contributed by atoms with E-state index >= 15 is 0 Å². The molecule has 0 unspecified atom stereocenters. The summed E-state index contributed by atoms with van der Waals surface area (Å²) in [5.41, 5.74) is 1.94. The van der Waals surface area contributed by atoms with Crippen LogP contribution in [0.2, 0.25) is 0 Å². The SMILES string of the molecule is Brc1ccc2nc(Cc3nc(-c4ccccc4)no3)sc2c1. The molecule has 4 nitrogen and oxygen atoms in total. The van der Waals surface area contributed by atoms with Crippen molar-refractivity contribution in [3.8, 4) is 11.4 Å². The molecule has 0 spiro atoms. The van der Waals surface area contributed by atoms with E-state index in [4.69, 9.17) is 4.52 Å². The summed E-state index contributed by atoms with van der Waals surface area (Å²) in [4.78, 5) is 9.04. The van der Waals surface area contributed by atoms with Crippen molar-refractivity contribution in [3.05, 3.63) is 63.9 Å². The van der Waals surface area contributed by atoms with Gasteiger partial charge in [0.1, 0.15) is 5.01 Å². The molecule has 0 fully saturated rings. The van der Waals surface area contributed by atoms with Gasteiger partial charge in [-0.15, -0.1) is 11.3 Å². The van der Waals surface area contributed by atoms with E-state index in [9.17, 15) is 0 Å². The Kier molecular flexibility index (Phi) is 3.48. The molecule has 0 aliphatic carbocycles. The molecule has 0 aliphatic rings. The van der Waals surface area contributed by atoms with Crippen molar-refractivity contribution in [1.29, 1.82) is 0 Å². The predicted molar refractivity (Wildman–Crippen MR) is 89.9 cm³/mol. The molecule has 4 aromatic rings. The van der Waals surface area contributed by atoms with E-state index in [-0.39, 0.29) is 0 Å². The molecule has 22 heavy (non-hydrogen) atoms. The van der Waals surface area contributed by atoms with Crippen LogP contribution < -0.4 is 0 Å². The summed E-state index contributed by atoms with van der Waals surface area (Å²) in [6.45, 7) is 0. The van der Waals surface area contributed by atoms with Crippen molar-refractivity contribution >= 4 is 37.5 Å². The molecule has 2 heterocycles. The highest BCUT2D eigenvalue weighted by Crippen LogP contribution is 2.27. The van der Waals surface area contributed by atoms with Gasteiger partial charge in [-0.25, -0.2) is 4.98 Å². The van der Waals surface area contributed by atoms with Gasteiger partial charge in [0.15, 0.2) is 0 Å². The number of halogens is 1. The van der Waals surface area contributed by atoms with E-state index < -0.39 is 0 Å². The van der Waals surface area contributed by atoms with E-state index in [1.165, 1.54) is 0 Å². The number of aromatic nitrogens is 3. The first-order valence-electron chi connectivity index (χ1n) is 6.71. The molecule has 108 valence electrons. The lowest BCUT2D eigenvalue weighted by Crippen LogP contribution is -1.87. The zero-order chi connectivity index (χ0) is 14.9. The van der Waals surface area contributed by atoms with E-state index in [1.54, 1.807) is 11.3 Å². The quantitative estimate of drug-likeness (QED) is 0.523. The van der Waals surface area contributed by atoms with Crippen LogP contribution in [-0.4, -0.2) is 15.1 Å². The minimum absolute atomic E-state index is 0.552. The van der Waals surface area contributed by atoms with Gasteiger partial charge in [0.05, 0.1) is 16.6 Å². The maximum absolute atomic E-state index is 5.34. The fourth-order valence-electron chi connectivity index (χ4n) is 2.18. The van der Waals surface area contributed by atoms with Crippen LogP contribution in [0.1, 0.15) is 10.9 Å². The van der Waals surface area contributed by atoms with Crippen LogP contribution in [0.15, 0.2) is 57.5 Å². The molecular weight excluding hydrogens is 362 g/mol. The second-order valence-electron chi connectivity index (χ2n) is 4.77. The number of rotatable bonds is 3. The van der Waals surface area contributed by atoms with Gasteiger partial charge in [0.2, 0.25) is 11.7 Å². The molecule has 0 radical (unpaired) electrons. The minimum Gasteiger partial charge on any atom is -0.339 e. The first kappa shape index (κ1) is 13.6. The Balaban J connectivity index is 1.61. The van der Waals surface area contributed by atoms with Crippen molar-refractivity contribution < 1.29 is 4.52 Å². The molecule has 0 N–H and O–H groups in total. The second kappa shape index (κ2) is 5.62. The van der Waals surface area contributed by atoms with E-state index in [0.29, 0.717) is 18.1 Å². The molecule has 0 aliphatic heterocycles. The van der Waals surface area contributed by atoms with Crippen molar-refractivity contribution in [3.63, 3.8) is 0 Å². The molecule has 0 bridgehead atoms. The number of nitrogens with zero attached hydrogens (tertiary/aromatic N) is 3. The number of benzene rings is 2. The minimum atomic E-state index is 0.552. The number of hydrogen-bond acceptors (Lipinski definition) is 5. The van der Waals surface area contributed by atoms with E-state index in [2.05, 4.69) is 37.1 Å². The molecule has 2 aromatic carbocycles. The fraction of sp³-hybridized carbons (Fsp3) is 0.0625. The average molecular weight is 372 g/mol. The third-order valence-corrected chi connectivity index (χ3v) is 4.71. The molecule has 0 saturated heterocycles. The Labute approximate surface area is 139 Å². The maximum atomic E-state index is 5.34. The third kappa shape index (κ3) is 2.67. The standard InChI is InChI=1S/C16H10BrN3OS/c17-11-6-7-12-13(8-11)22-15(18-12)9-14-19-16(20-21-14)10-4-2-1-3-5-10/h1-8H,9H2. The van der Waals surface area contributed by atoms with Crippen molar-refractivity contribution in [2.24, 2.45) is 0 Å². The Morgan fingerprint density at radius 1 is 1.05 bits per heavy atom. The molecule has 0 saturated carbocycles. The first-order valence-corrected chi connectivity index (χ1v) is 8.32. The predicted octanol–water partition coefficient (Wildman–Crippen LogP) is 4.70. The Bertz CT molecular complexity index is 933. The molecule has 4 rings (SSSR count). The topological polar surface area (TPSA) is 51.8 Å². The number of thiazole rings is 1. The normalized spacial score (nSPS) is 11.1. The summed E-state index contributed by atoms with van der Waals surface area (Å²) in [6, 6.07) is 15.9. The zero-order valence-electron chi connectivity index (χ0n) is 11.4. The molecule has 2 aromatic heterocycles. The Morgan fingerprint density at radius 3 is 2.77 bits per heavy atom. The van der Waals surface area contributed by atoms with Crippen molar-refractivity contribution in [1.82, 2.24) is 15.1 Å². The summed E-state index contributed by atoms with van der Waals surface area (Å²) < 4.78 is 7.54. The van der Waals surface area contributed by atoms with Crippen LogP contribution in [0.4, 0.5) is 0 Å². The lowest BCUT2D eigenvalue weighted by atomic mass is 10.2. The van der Waals surface area contributed by atoms with Gasteiger partial charge in [0, 0.05) is 10.0 Å². The molecule has 0 atom stereocenters. The van der Waals surface area contributed by atoms with E-state index in [0.717, 1.165) is 25.3 Å². The maximum Gasteiger partial charge on any atom is 0.233 e. The largest absolute Gasteiger partial charge is 0.339 e. The van der Waals surface area contributed by atoms with Crippen LogP contribution in [0, 0.1) is 0 Å². The average Bonchev–Trinajstić information content (AvgIpc) is 3.14. The summed E-state index contributed by atoms with van der Waals surface area (Å²) in [6.07, 6.45) is 0.552. The fourth-order valence-corrected chi connectivity index (χ4v) is 3.69.